The van der Waals surface area contributed by atoms with Gasteiger partial charge in [0.15, 0.2) is 10.6 Å². The molecule has 0 radical (unpaired) electrons. The first-order valence-electron chi connectivity index (χ1n) is 10.1. The average molecular weight is 430 g/mol. The highest BCUT2D eigenvalue weighted by Gasteiger charge is 2.30. The molecule has 1 saturated heterocycles. The van der Waals surface area contributed by atoms with Gasteiger partial charge < -0.3 is 0 Å². The summed E-state index contributed by atoms with van der Waals surface area (Å²) < 4.78 is 19.1. The van der Waals surface area contributed by atoms with Crippen LogP contribution in [0.5, 0.6) is 0 Å². The van der Waals surface area contributed by atoms with Crippen molar-refractivity contribution in [2.24, 2.45) is 0 Å². The van der Waals surface area contributed by atoms with E-state index in [0.717, 1.165) is 45.6 Å². The molecule has 0 bridgehead atoms. The first-order chi connectivity index (χ1) is 14.2. The smallest absolute Gasteiger partial charge is 0.199 e. The number of benzene rings is 1. The highest BCUT2D eigenvalue weighted by molar-refractivity contribution is 7.71. The van der Waals surface area contributed by atoms with Crippen LogP contribution in [0.3, 0.4) is 0 Å². The van der Waals surface area contributed by atoms with Crippen molar-refractivity contribution < 1.29 is 4.39 Å². The minimum Gasteiger partial charge on any atom is -0.297 e. The van der Waals surface area contributed by atoms with Crippen molar-refractivity contribution in [3.05, 3.63) is 57.2 Å². The Kier molecular flexibility index (Phi) is 5.34. The molecule has 2 aliphatic rings. The minimum atomic E-state index is -0.247. The third-order valence-corrected chi connectivity index (χ3v) is 6.92. The summed E-state index contributed by atoms with van der Waals surface area (Å²) in [6.07, 6.45) is 2.17. The van der Waals surface area contributed by atoms with Gasteiger partial charge in [-0.2, -0.15) is 5.10 Å². The maximum absolute atomic E-state index is 14.4. The molecule has 2 fully saturated rings. The zero-order valence-electron chi connectivity index (χ0n) is 16.2. The van der Waals surface area contributed by atoms with Crippen LogP contribution in [0.4, 0.5) is 4.39 Å². The Morgan fingerprint density at radius 2 is 1.79 bits per heavy atom. The van der Waals surface area contributed by atoms with Gasteiger partial charge in [0.25, 0.3) is 0 Å². The van der Waals surface area contributed by atoms with Gasteiger partial charge in [-0.25, -0.2) is 9.07 Å². The lowest BCUT2D eigenvalue weighted by molar-refractivity contribution is 0.0987. The largest absolute Gasteiger partial charge is 0.297 e. The first-order valence-corrected chi connectivity index (χ1v) is 11.4. The van der Waals surface area contributed by atoms with Gasteiger partial charge in [-0.1, -0.05) is 18.2 Å². The zero-order valence-corrected chi connectivity index (χ0v) is 17.8. The summed E-state index contributed by atoms with van der Waals surface area (Å²) in [7, 11) is 0. The molecule has 1 aliphatic heterocycles. The van der Waals surface area contributed by atoms with Crippen molar-refractivity contribution in [2.45, 2.75) is 32.1 Å². The fourth-order valence-electron chi connectivity index (χ4n) is 3.90. The zero-order chi connectivity index (χ0) is 19.8. The quantitative estimate of drug-likeness (QED) is 0.544. The fraction of sp³-hybridized carbons (Fsp3) is 0.429. The third kappa shape index (κ3) is 4.07. The third-order valence-electron chi connectivity index (χ3n) is 5.66. The molecule has 2 aromatic heterocycles. The van der Waals surface area contributed by atoms with Gasteiger partial charge in [0.2, 0.25) is 0 Å². The number of piperazine rings is 1. The number of nitrogens with zero attached hydrogens (tertiary/aromatic N) is 5. The number of halogens is 1. The highest BCUT2D eigenvalue weighted by Crippen LogP contribution is 2.39. The molecule has 0 atom stereocenters. The molecule has 1 aromatic carbocycles. The molecule has 0 spiro atoms. The van der Waals surface area contributed by atoms with E-state index >= 15 is 0 Å². The Balaban J connectivity index is 1.31. The number of hydrogen-bond acceptors (Lipinski definition) is 5. The number of hydrogen-bond donors (Lipinski definition) is 0. The fourth-order valence-corrected chi connectivity index (χ4v) is 4.98. The van der Waals surface area contributed by atoms with Crippen LogP contribution in [-0.2, 0) is 13.2 Å². The molecular formula is C21H24FN5S2. The summed E-state index contributed by atoms with van der Waals surface area (Å²) in [5, 5.41) is 6.89. The lowest BCUT2D eigenvalue weighted by Crippen LogP contribution is -2.46. The van der Waals surface area contributed by atoms with Crippen molar-refractivity contribution >= 4 is 23.6 Å². The molecule has 3 aromatic rings. The predicted octanol–water partition coefficient (Wildman–Crippen LogP) is 4.39. The second-order valence-electron chi connectivity index (χ2n) is 7.80. The molecule has 0 N–H and O–H groups in total. The minimum absolute atomic E-state index is 0.247. The Hall–Kier alpha value is -1.87. The topological polar surface area (TPSA) is 29.2 Å². The molecular weight excluding hydrogens is 405 g/mol. The second kappa shape index (κ2) is 8.10. The first kappa shape index (κ1) is 19.1. The summed E-state index contributed by atoms with van der Waals surface area (Å²) in [6, 6.07) is 11.5. The normalized spacial score (nSPS) is 18.4. The van der Waals surface area contributed by atoms with Crippen molar-refractivity contribution in [3.63, 3.8) is 0 Å². The summed E-state index contributed by atoms with van der Waals surface area (Å²) in [5.41, 5.74) is 0.532. The van der Waals surface area contributed by atoms with E-state index in [9.17, 15) is 4.39 Å². The van der Waals surface area contributed by atoms with Crippen LogP contribution >= 0.6 is 23.6 Å². The van der Waals surface area contributed by atoms with E-state index in [2.05, 4.69) is 31.9 Å². The Labute approximate surface area is 179 Å². The lowest BCUT2D eigenvalue weighted by Gasteiger charge is -2.34. The van der Waals surface area contributed by atoms with Gasteiger partial charge in [0.05, 0.1) is 12.2 Å². The molecule has 1 saturated carbocycles. The van der Waals surface area contributed by atoms with E-state index < -0.39 is 0 Å². The molecule has 1 aliphatic carbocycles. The molecule has 0 unspecified atom stereocenters. The Morgan fingerprint density at radius 3 is 2.48 bits per heavy atom. The van der Waals surface area contributed by atoms with Gasteiger partial charge in [-0.15, -0.1) is 11.3 Å². The summed E-state index contributed by atoms with van der Waals surface area (Å²) in [6.45, 7) is 5.73. The highest BCUT2D eigenvalue weighted by atomic mass is 32.1. The van der Waals surface area contributed by atoms with Crippen molar-refractivity contribution in [1.82, 2.24) is 24.1 Å². The van der Waals surface area contributed by atoms with Crippen LogP contribution in [0.2, 0.25) is 0 Å². The number of thiophene rings is 1. The molecule has 5 nitrogen and oxygen atoms in total. The number of rotatable bonds is 6. The Morgan fingerprint density at radius 1 is 1.03 bits per heavy atom. The van der Waals surface area contributed by atoms with E-state index in [1.807, 2.05) is 22.1 Å². The van der Waals surface area contributed by atoms with Crippen LogP contribution in [0, 0.1) is 10.6 Å². The standard InChI is InChI=1S/C21H24FN5S2/c22-19-6-2-1-5-18(19)20-23-26(21(28)27(20)16-7-8-16)15-25-11-9-24(10-12-25)14-17-4-3-13-29-17/h1-6,13,16H,7-12,14-15H2. The second-order valence-corrected chi connectivity index (χ2v) is 9.20. The predicted molar refractivity (Wildman–Crippen MR) is 116 cm³/mol. The Bertz CT molecular complexity index is 1030. The molecule has 8 heteroatoms. The van der Waals surface area contributed by atoms with E-state index in [-0.39, 0.29) is 5.82 Å². The molecule has 29 heavy (non-hydrogen) atoms. The lowest BCUT2D eigenvalue weighted by atomic mass is 10.2. The average Bonchev–Trinajstić information content (AvgIpc) is 3.33. The van der Waals surface area contributed by atoms with E-state index in [0.29, 0.717) is 28.9 Å². The van der Waals surface area contributed by atoms with Crippen LogP contribution in [0.1, 0.15) is 23.8 Å². The maximum atomic E-state index is 14.4. The van der Waals surface area contributed by atoms with Crippen LogP contribution in [0.15, 0.2) is 41.8 Å². The van der Waals surface area contributed by atoms with Crippen LogP contribution < -0.4 is 0 Å². The van der Waals surface area contributed by atoms with E-state index in [4.69, 9.17) is 17.3 Å². The number of aromatic nitrogens is 3. The summed E-state index contributed by atoms with van der Waals surface area (Å²) in [5.74, 6) is 0.413. The summed E-state index contributed by atoms with van der Waals surface area (Å²) in [4.78, 5) is 6.30. The van der Waals surface area contributed by atoms with Crippen LogP contribution in [-0.4, -0.2) is 50.3 Å². The summed E-state index contributed by atoms with van der Waals surface area (Å²) >= 11 is 7.56. The SMILES string of the molecule is Fc1ccccc1-c1nn(CN2CCN(Cc3cccs3)CC2)c(=S)n1C1CC1. The van der Waals surface area contributed by atoms with E-state index in [1.54, 1.807) is 12.1 Å². The van der Waals surface area contributed by atoms with E-state index in [1.165, 1.54) is 10.9 Å². The van der Waals surface area contributed by atoms with Crippen molar-refractivity contribution in [3.8, 4) is 11.4 Å². The molecule has 152 valence electrons. The van der Waals surface area contributed by atoms with Gasteiger partial charge in [-0.05, 0) is 48.6 Å². The van der Waals surface area contributed by atoms with Gasteiger partial charge in [0, 0.05) is 43.6 Å². The monoisotopic (exact) mass is 429 g/mol. The molecule has 3 heterocycles. The van der Waals surface area contributed by atoms with Crippen molar-refractivity contribution in [1.29, 1.82) is 0 Å². The van der Waals surface area contributed by atoms with Gasteiger partial charge >= 0.3 is 0 Å². The van der Waals surface area contributed by atoms with Gasteiger partial charge in [-0.3, -0.25) is 14.4 Å². The van der Waals surface area contributed by atoms with Gasteiger partial charge in [0.1, 0.15) is 5.82 Å². The van der Waals surface area contributed by atoms with Crippen molar-refractivity contribution in [2.75, 3.05) is 26.2 Å². The maximum Gasteiger partial charge on any atom is 0.199 e. The molecule has 5 rings (SSSR count). The molecule has 0 amide bonds. The van der Waals surface area contributed by atoms with Crippen LogP contribution in [0.25, 0.3) is 11.4 Å².